The third kappa shape index (κ3) is 2.54. The number of amides is 1. The van der Waals surface area contributed by atoms with E-state index in [-0.39, 0.29) is 9.88 Å². The largest absolute Gasteiger partial charge is 0.324 e. The molecule has 94 valence electrons. The smallest absolute Gasteiger partial charge is 0.304 e. The lowest BCUT2D eigenvalue weighted by atomic mass is 10.3. The van der Waals surface area contributed by atoms with E-state index in [0.29, 0.717) is 5.82 Å². The molecule has 0 unspecified atom stereocenters. The second-order valence-corrected chi connectivity index (χ2v) is 4.54. The van der Waals surface area contributed by atoms with Crippen LogP contribution < -0.4 is 5.32 Å². The number of nitro groups is 1. The Hall–Kier alpha value is -2.22. The summed E-state index contributed by atoms with van der Waals surface area (Å²) in [6, 6.07) is 4.45. The number of aromatic nitrogens is 2. The van der Waals surface area contributed by atoms with Crippen LogP contribution in [0.25, 0.3) is 0 Å². The highest BCUT2D eigenvalue weighted by Gasteiger charge is 2.16. The number of anilines is 1. The van der Waals surface area contributed by atoms with E-state index < -0.39 is 10.8 Å². The molecule has 0 radical (unpaired) electrons. The summed E-state index contributed by atoms with van der Waals surface area (Å²) in [5.41, 5.74) is 0.905. The van der Waals surface area contributed by atoms with Gasteiger partial charge in [0.15, 0.2) is 5.82 Å². The van der Waals surface area contributed by atoms with Crippen molar-refractivity contribution in [1.29, 1.82) is 0 Å². The first-order valence-corrected chi connectivity index (χ1v) is 6.01. The fraction of sp³-hybridized carbons (Fsp3) is 0.200. The van der Waals surface area contributed by atoms with Gasteiger partial charge < -0.3 is 5.32 Å². The molecule has 0 aromatic carbocycles. The molecule has 0 saturated heterocycles. The Kier molecular flexibility index (Phi) is 3.38. The molecule has 2 heterocycles. The predicted octanol–water partition coefficient (Wildman–Crippen LogP) is 2.19. The lowest BCUT2D eigenvalue weighted by molar-refractivity contribution is -0.380. The summed E-state index contributed by atoms with van der Waals surface area (Å²) < 4.78 is 0. The van der Waals surface area contributed by atoms with Crippen molar-refractivity contribution in [1.82, 2.24) is 10.2 Å². The van der Waals surface area contributed by atoms with E-state index in [0.717, 1.165) is 23.5 Å². The maximum absolute atomic E-state index is 11.8. The summed E-state index contributed by atoms with van der Waals surface area (Å²) in [5, 5.41) is 19.7. The van der Waals surface area contributed by atoms with Gasteiger partial charge in [-0.3, -0.25) is 20.0 Å². The second-order valence-electron chi connectivity index (χ2n) is 3.48. The van der Waals surface area contributed by atoms with Crippen LogP contribution in [0.3, 0.4) is 0 Å². The van der Waals surface area contributed by atoms with E-state index in [1.165, 1.54) is 12.1 Å². The molecule has 0 aliphatic carbocycles. The summed E-state index contributed by atoms with van der Waals surface area (Å²) in [7, 11) is 0. The van der Waals surface area contributed by atoms with Crippen molar-refractivity contribution >= 4 is 28.1 Å². The van der Waals surface area contributed by atoms with Crippen molar-refractivity contribution in [3.05, 3.63) is 38.9 Å². The number of hydrogen-bond acceptors (Lipinski definition) is 5. The van der Waals surface area contributed by atoms with Gasteiger partial charge in [0.05, 0.1) is 9.80 Å². The maximum atomic E-state index is 11.8. The lowest BCUT2D eigenvalue weighted by Crippen LogP contribution is -2.10. The van der Waals surface area contributed by atoms with Crippen LogP contribution in [0.4, 0.5) is 10.8 Å². The van der Waals surface area contributed by atoms with E-state index >= 15 is 0 Å². The van der Waals surface area contributed by atoms with Crippen molar-refractivity contribution in [2.45, 2.75) is 13.3 Å². The molecule has 2 aromatic heterocycles. The first kappa shape index (κ1) is 12.2. The van der Waals surface area contributed by atoms with E-state index in [1.54, 1.807) is 6.07 Å². The van der Waals surface area contributed by atoms with Crippen LogP contribution in [0, 0.1) is 10.1 Å². The van der Waals surface area contributed by atoms with Crippen LogP contribution in [0.5, 0.6) is 0 Å². The zero-order chi connectivity index (χ0) is 13.1. The van der Waals surface area contributed by atoms with Crippen LogP contribution in [-0.4, -0.2) is 21.0 Å². The summed E-state index contributed by atoms with van der Waals surface area (Å²) in [5.74, 6) is 0.00940. The number of thiophene rings is 1. The molecule has 0 saturated carbocycles. The summed E-state index contributed by atoms with van der Waals surface area (Å²) >= 11 is 0.832. The molecule has 0 fully saturated rings. The lowest BCUT2D eigenvalue weighted by Gasteiger charge is -1.96. The fourth-order valence-electron chi connectivity index (χ4n) is 1.33. The molecule has 7 nitrogen and oxygen atoms in total. The molecule has 18 heavy (non-hydrogen) atoms. The predicted molar refractivity (Wildman–Crippen MR) is 66.9 cm³/mol. The van der Waals surface area contributed by atoms with E-state index in [4.69, 9.17) is 0 Å². The number of aromatic amines is 1. The van der Waals surface area contributed by atoms with Crippen molar-refractivity contribution in [3.8, 4) is 0 Å². The fourth-order valence-corrected chi connectivity index (χ4v) is 2.05. The Bertz CT molecular complexity index is 589. The van der Waals surface area contributed by atoms with E-state index in [9.17, 15) is 14.9 Å². The van der Waals surface area contributed by atoms with Gasteiger partial charge in [-0.05, 0) is 12.5 Å². The number of nitrogens with zero attached hydrogens (tertiary/aromatic N) is 2. The Labute approximate surface area is 106 Å². The van der Waals surface area contributed by atoms with Crippen LogP contribution in [0.2, 0.25) is 0 Å². The highest BCUT2D eigenvalue weighted by atomic mass is 32.1. The molecular formula is C10H10N4O3S. The third-order valence-electron chi connectivity index (χ3n) is 2.25. The van der Waals surface area contributed by atoms with Gasteiger partial charge in [-0.15, -0.1) is 0 Å². The topological polar surface area (TPSA) is 101 Å². The highest BCUT2D eigenvalue weighted by Crippen LogP contribution is 2.24. The number of rotatable bonds is 4. The standard InChI is InChI=1S/C10H10N4O3S/c1-2-6-5-8(13-12-6)11-10(15)7-3-4-9(18-7)14(16)17/h3-5H,2H2,1H3,(H2,11,12,13,15). The quantitative estimate of drug-likeness (QED) is 0.654. The van der Waals surface area contributed by atoms with Gasteiger partial charge in [-0.1, -0.05) is 18.3 Å². The zero-order valence-electron chi connectivity index (χ0n) is 9.47. The first-order chi connectivity index (χ1) is 8.60. The Balaban J connectivity index is 2.09. The minimum Gasteiger partial charge on any atom is -0.304 e. The normalized spacial score (nSPS) is 10.3. The van der Waals surface area contributed by atoms with Gasteiger partial charge in [0.1, 0.15) is 0 Å². The number of aryl methyl sites for hydroxylation is 1. The number of hydrogen-bond donors (Lipinski definition) is 2. The summed E-state index contributed by atoms with van der Waals surface area (Å²) in [4.78, 5) is 22.0. The van der Waals surface area contributed by atoms with Gasteiger partial charge in [0.25, 0.3) is 5.91 Å². The van der Waals surface area contributed by atoms with E-state index in [2.05, 4.69) is 15.5 Å². The summed E-state index contributed by atoms with van der Waals surface area (Å²) in [6.45, 7) is 1.96. The maximum Gasteiger partial charge on any atom is 0.324 e. The molecule has 0 aliphatic heterocycles. The first-order valence-electron chi connectivity index (χ1n) is 5.20. The molecule has 0 aliphatic rings. The van der Waals surface area contributed by atoms with Gasteiger partial charge in [-0.2, -0.15) is 5.10 Å². The van der Waals surface area contributed by atoms with Crippen molar-refractivity contribution in [2.24, 2.45) is 0 Å². The Morgan fingerprint density at radius 1 is 1.61 bits per heavy atom. The minimum absolute atomic E-state index is 0.0589. The van der Waals surface area contributed by atoms with Gasteiger partial charge in [0, 0.05) is 17.8 Å². The monoisotopic (exact) mass is 266 g/mol. The number of H-pyrrole nitrogens is 1. The zero-order valence-corrected chi connectivity index (χ0v) is 10.3. The number of carbonyl (C=O) groups is 1. The average Bonchev–Trinajstić information content (AvgIpc) is 2.97. The van der Waals surface area contributed by atoms with Gasteiger partial charge in [0.2, 0.25) is 0 Å². The van der Waals surface area contributed by atoms with Crippen molar-refractivity contribution < 1.29 is 9.72 Å². The molecule has 0 atom stereocenters. The third-order valence-corrected chi connectivity index (χ3v) is 3.28. The van der Waals surface area contributed by atoms with Crippen LogP contribution in [-0.2, 0) is 6.42 Å². The van der Waals surface area contributed by atoms with Gasteiger partial charge in [-0.25, -0.2) is 0 Å². The Morgan fingerprint density at radius 2 is 2.39 bits per heavy atom. The number of nitrogens with one attached hydrogen (secondary N) is 2. The average molecular weight is 266 g/mol. The summed E-state index contributed by atoms with van der Waals surface area (Å²) in [6.07, 6.45) is 0.785. The van der Waals surface area contributed by atoms with Crippen LogP contribution in [0.15, 0.2) is 18.2 Å². The van der Waals surface area contributed by atoms with Gasteiger partial charge >= 0.3 is 5.00 Å². The van der Waals surface area contributed by atoms with Crippen LogP contribution in [0.1, 0.15) is 22.3 Å². The molecular weight excluding hydrogens is 256 g/mol. The molecule has 2 rings (SSSR count). The molecule has 0 spiro atoms. The molecule has 0 bridgehead atoms. The molecule has 8 heteroatoms. The van der Waals surface area contributed by atoms with E-state index in [1.807, 2.05) is 6.92 Å². The van der Waals surface area contributed by atoms with Crippen molar-refractivity contribution in [3.63, 3.8) is 0 Å². The number of carbonyl (C=O) groups excluding carboxylic acids is 1. The minimum atomic E-state index is -0.523. The van der Waals surface area contributed by atoms with Crippen molar-refractivity contribution in [2.75, 3.05) is 5.32 Å². The molecule has 2 N–H and O–H groups in total. The second kappa shape index (κ2) is 4.96. The molecule has 1 amide bonds. The molecule has 2 aromatic rings. The Morgan fingerprint density at radius 3 is 2.94 bits per heavy atom. The highest BCUT2D eigenvalue weighted by molar-refractivity contribution is 7.17. The SMILES string of the molecule is CCc1cc(NC(=O)c2ccc([N+](=O)[O-])s2)n[nH]1. The van der Waals surface area contributed by atoms with Crippen LogP contribution >= 0.6 is 11.3 Å².